The Morgan fingerprint density at radius 2 is 1.04 bits per heavy atom. The third-order valence-corrected chi connectivity index (χ3v) is 6.26. The lowest BCUT2D eigenvalue weighted by molar-refractivity contribution is -0.702. The van der Waals surface area contributed by atoms with Gasteiger partial charge in [-0.25, -0.2) is 9.13 Å². The summed E-state index contributed by atoms with van der Waals surface area (Å²) < 4.78 is 4.92. The maximum atomic E-state index is 2.46. The number of nitrogens with zero attached hydrogens (tertiary/aromatic N) is 2. The number of imidazole rings is 1. The lowest BCUT2D eigenvalue weighted by Crippen LogP contribution is -2.35. The van der Waals surface area contributed by atoms with Crippen molar-refractivity contribution in [3.8, 4) is 0 Å². The molecule has 0 unspecified atom stereocenters. The Hall–Kier alpha value is -0.790. The Morgan fingerprint density at radius 3 is 1.54 bits per heavy atom. The topological polar surface area (TPSA) is 8.81 Å². The highest BCUT2D eigenvalue weighted by atomic mass is 15.1. The van der Waals surface area contributed by atoms with Gasteiger partial charge in [0.05, 0.1) is 13.1 Å². The van der Waals surface area contributed by atoms with Crippen LogP contribution >= 0.6 is 0 Å². The fraction of sp³-hybridized carbons (Fsp3) is 0.885. The second-order valence-electron chi connectivity index (χ2n) is 8.89. The molecule has 2 nitrogen and oxygen atoms in total. The van der Waals surface area contributed by atoms with E-state index in [1.165, 1.54) is 134 Å². The molecule has 0 N–H and O–H groups in total. The van der Waals surface area contributed by atoms with Crippen LogP contribution in [-0.2, 0) is 13.1 Å². The first-order chi connectivity index (χ1) is 13.8. The lowest BCUT2D eigenvalue weighted by Gasteiger charge is -2.04. The number of aromatic nitrogens is 2. The number of unbranched alkanes of at least 4 members (excludes halogenated alkanes) is 16. The lowest BCUT2D eigenvalue weighted by atomic mass is 10.0. The third kappa shape index (κ3) is 12.6. The highest BCUT2D eigenvalue weighted by Gasteiger charge is 2.11. The minimum atomic E-state index is 1.20. The predicted molar refractivity (Wildman–Crippen MR) is 124 cm³/mol. The summed E-state index contributed by atoms with van der Waals surface area (Å²) in [6, 6.07) is 0. The van der Waals surface area contributed by atoms with Gasteiger partial charge < -0.3 is 0 Å². The first-order valence-electron chi connectivity index (χ1n) is 12.8. The molecule has 0 bridgehead atoms. The van der Waals surface area contributed by atoms with Crippen molar-refractivity contribution in [2.24, 2.45) is 0 Å². The molecule has 1 heterocycles. The van der Waals surface area contributed by atoms with Crippen LogP contribution in [0.1, 0.15) is 135 Å². The van der Waals surface area contributed by atoms with Crippen molar-refractivity contribution in [2.45, 2.75) is 149 Å². The van der Waals surface area contributed by atoms with Crippen LogP contribution in [0.25, 0.3) is 0 Å². The minimum Gasteiger partial charge on any atom is -0.234 e. The molecule has 2 heteroatoms. The second-order valence-corrected chi connectivity index (χ2v) is 8.89. The largest absolute Gasteiger partial charge is 0.253 e. The number of rotatable bonds is 20. The zero-order valence-corrected chi connectivity index (χ0v) is 19.7. The molecule has 1 rings (SSSR count). The van der Waals surface area contributed by atoms with Gasteiger partial charge in [0.15, 0.2) is 0 Å². The van der Waals surface area contributed by atoms with Gasteiger partial charge in [-0.2, -0.15) is 0 Å². The van der Waals surface area contributed by atoms with Crippen LogP contribution in [0.15, 0.2) is 12.4 Å². The van der Waals surface area contributed by atoms with Crippen molar-refractivity contribution < 1.29 is 4.57 Å². The van der Waals surface area contributed by atoms with Crippen LogP contribution < -0.4 is 4.57 Å². The van der Waals surface area contributed by atoms with Crippen molar-refractivity contribution >= 4 is 0 Å². The SMILES string of the molecule is CCCCCCCCCCCCCCCn1cc[n+](CCCCCCC)c1C. The van der Waals surface area contributed by atoms with E-state index in [9.17, 15) is 0 Å². The van der Waals surface area contributed by atoms with Gasteiger partial charge >= 0.3 is 0 Å². The van der Waals surface area contributed by atoms with Gasteiger partial charge in [0.2, 0.25) is 0 Å². The van der Waals surface area contributed by atoms with E-state index in [1.54, 1.807) is 0 Å². The summed E-state index contributed by atoms with van der Waals surface area (Å²) in [5.74, 6) is 1.44. The molecule has 0 atom stereocenters. The highest BCUT2D eigenvalue weighted by Crippen LogP contribution is 2.13. The molecule has 0 aromatic carbocycles. The third-order valence-electron chi connectivity index (χ3n) is 6.26. The van der Waals surface area contributed by atoms with Crippen molar-refractivity contribution in [2.75, 3.05) is 0 Å². The quantitative estimate of drug-likeness (QED) is 0.157. The number of hydrogen-bond donors (Lipinski definition) is 0. The number of aryl methyl sites for hydroxylation is 2. The van der Waals surface area contributed by atoms with Gasteiger partial charge in [0.25, 0.3) is 5.82 Å². The molecule has 1 aromatic rings. The molecule has 0 radical (unpaired) electrons. The Balaban J connectivity index is 1.95. The van der Waals surface area contributed by atoms with Crippen molar-refractivity contribution in [1.82, 2.24) is 4.57 Å². The van der Waals surface area contributed by atoms with Crippen LogP contribution in [-0.4, -0.2) is 4.57 Å². The molecule has 0 aliphatic heterocycles. The van der Waals surface area contributed by atoms with E-state index in [0.29, 0.717) is 0 Å². The van der Waals surface area contributed by atoms with Gasteiger partial charge in [-0.15, -0.1) is 0 Å². The average molecular weight is 392 g/mol. The first kappa shape index (κ1) is 25.2. The summed E-state index contributed by atoms with van der Waals surface area (Å²) in [5.41, 5.74) is 0. The van der Waals surface area contributed by atoms with E-state index in [2.05, 4.69) is 42.3 Å². The van der Waals surface area contributed by atoms with Crippen molar-refractivity contribution in [3.63, 3.8) is 0 Å². The monoisotopic (exact) mass is 391 g/mol. The second kappa shape index (κ2) is 18.3. The van der Waals surface area contributed by atoms with E-state index in [4.69, 9.17) is 0 Å². The molecule has 164 valence electrons. The van der Waals surface area contributed by atoms with Crippen LogP contribution in [0.3, 0.4) is 0 Å². The molecule has 0 amide bonds. The Labute approximate surface area is 177 Å². The van der Waals surface area contributed by atoms with Crippen molar-refractivity contribution in [1.29, 1.82) is 0 Å². The summed E-state index contributed by atoms with van der Waals surface area (Å²) >= 11 is 0. The Bertz CT molecular complexity index is 449. The fourth-order valence-electron chi connectivity index (χ4n) is 4.20. The summed E-state index contributed by atoms with van der Waals surface area (Å²) in [4.78, 5) is 0. The first-order valence-corrected chi connectivity index (χ1v) is 12.8. The average Bonchev–Trinajstić information content (AvgIpc) is 3.05. The summed E-state index contributed by atoms with van der Waals surface area (Å²) in [7, 11) is 0. The zero-order chi connectivity index (χ0) is 20.3. The number of hydrogen-bond acceptors (Lipinski definition) is 0. The maximum absolute atomic E-state index is 2.46. The molecule has 28 heavy (non-hydrogen) atoms. The Kier molecular flexibility index (Phi) is 16.5. The summed E-state index contributed by atoms with van der Waals surface area (Å²) in [5, 5.41) is 0. The molecule has 1 aromatic heterocycles. The van der Waals surface area contributed by atoms with E-state index in [1.807, 2.05) is 0 Å². The minimum absolute atomic E-state index is 1.20. The van der Waals surface area contributed by atoms with Gasteiger partial charge in [-0.1, -0.05) is 104 Å². The van der Waals surface area contributed by atoms with E-state index in [0.717, 1.165) is 0 Å². The molecule has 0 saturated heterocycles. The van der Waals surface area contributed by atoms with Gasteiger partial charge in [-0.3, -0.25) is 0 Å². The maximum Gasteiger partial charge on any atom is 0.253 e. The van der Waals surface area contributed by atoms with Gasteiger partial charge in [0, 0.05) is 6.92 Å². The molecular formula is C26H51N2+. The van der Waals surface area contributed by atoms with Crippen molar-refractivity contribution in [3.05, 3.63) is 18.2 Å². The molecule has 0 saturated carbocycles. The molecule has 0 aliphatic carbocycles. The highest BCUT2D eigenvalue weighted by molar-refractivity contribution is 4.79. The van der Waals surface area contributed by atoms with E-state index in [-0.39, 0.29) is 0 Å². The van der Waals surface area contributed by atoms with Gasteiger partial charge in [-0.05, 0) is 25.7 Å². The van der Waals surface area contributed by atoms with Gasteiger partial charge in [0.1, 0.15) is 12.4 Å². The summed E-state index contributed by atoms with van der Waals surface area (Å²) in [6.07, 6.45) is 30.0. The van der Waals surface area contributed by atoms with Crippen LogP contribution in [0.4, 0.5) is 0 Å². The van der Waals surface area contributed by atoms with Crippen LogP contribution in [0, 0.1) is 6.92 Å². The van der Waals surface area contributed by atoms with Crippen LogP contribution in [0.2, 0.25) is 0 Å². The molecule has 0 aliphatic rings. The van der Waals surface area contributed by atoms with E-state index >= 15 is 0 Å². The molecule has 0 fully saturated rings. The van der Waals surface area contributed by atoms with Crippen LogP contribution in [0.5, 0.6) is 0 Å². The Morgan fingerprint density at radius 1 is 0.607 bits per heavy atom. The molecule has 0 spiro atoms. The zero-order valence-electron chi connectivity index (χ0n) is 19.7. The summed E-state index contributed by atoms with van der Waals surface area (Å²) in [6.45, 7) is 9.27. The fourth-order valence-corrected chi connectivity index (χ4v) is 4.20. The predicted octanol–water partition coefficient (Wildman–Crippen LogP) is 8.15. The normalized spacial score (nSPS) is 11.4. The molecular weight excluding hydrogens is 340 g/mol. The standard InChI is InChI=1S/C26H51N2/c1-4-6-8-10-11-12-13-14-15-16-17-19-21-23-28-25-24-27(26(28)3)22-20-18-9-7-5-2/h24-25H,4-23H2,1-3H3/q+1. The smallest absolute Gasteiger partial charge is 0.234 e. The van der Waals surface area contributed by atoms with E-state index < -0.39 is 0 Å².